The van der Waals surface area contributed by atoms with Crippen LogP contribution in [0.4, 0.5) is 5.82 Å². The number of aryl methyl sites for hydroxylation is 1. The third-order valence-corrected chi connectivity index (χ3v) is 4.62. The van der Waals surface area contributed by atoms with Crippen molar-refractivity contribution in [3.63, 3.8) is 0 Å². The van der Waals surface area contributed by atoms with Crippen LogP contribution >= 0.6 is 11.3 Å². The van der Waals surface area contributed by atoms with Crippen LogP contribution in [0.1, 0.15) is 23.9 Å². The molecule has 2 aromatic rings. The van der Waals surface area contributed by atoms with Gasteiger partial charge in [-0.1, -0.05) is 0 Å². The molecule has 0 saturated carbocycles. The van der Waals surface area contributed by atoms with Gasteiger partial charge in [0.2, 0.25) is 0 Å². The van der Waals surface area contributed by atoms with Crippen molar-refractivity contribution in [3.8, 4) is 10.4 Å². The molecule has 112 valence electrons. The van der Waals surface area contributed by atoms with Crippen LogP contribution in [0.2, 0.25) is 0 Å². The van der Waals surface area contributed by atoms with Gasteiger partial charge in [-0.15, -0.1) is 11.3 Å². The van der Waals surface area contributed by atoms with Gasteiger partial charge in [0.25, 0.3) is 0 Å². The zero-order valence-corrected chi connectivity index (χ0v) is 12.5. The monoisotopic (exact) mass is 307 g/mol. The fourth-order valence-electron chi connectivity index (χ4n) is 2.48. The van der Waals surface area contributed by atoms with Crippen LogP contribution in [0, 0.1) is 6.92 Å². The zero-order valence-electron chi connectivity index (χ0n) is 11.7. The van der Waals surface area contributed by atoms with Crippen molar-refractivity contribution in [2.45, 2.75) is 32.1 Å². The number of hydrogen-bond acceptors (Lipinski definition) is 6. The Labute approximate surface area is 125 Å². The van der Waals surface area contributed by atoms with Gasteiger partial charge >= 0.3 is 5.69 Å². The van der Waals surface area contributed by atoms with E-state index in [2.05, 4.69) is 4.98 Å². The van der Waals surface area contributed by atoms with Crippen molar-refractivity contribution in [1.82, 2.24) is 9.55 Å². The maximum absolute atomic E-state index is 12.0. The highest BCUT2D eigenvalue weighted by atomic mass is 32.1. The lowest BCUT2D eigenvalue weighted by Crippen LogP contribution is -2.28. The number of nitrogens with two attached hydrogens (primary N) is 1. The van der Waals surface area contributed by atoms with E-state index in [1.807, 2.05) is 19.1 Å². The number of aliphatic hydroxyl groups is 1. The molecular formula is C14H17N3O3S. The predicted octanol–water partition coefficient (Wildman–Crippen LogP) is 1.53. The smallest absolute Gasteiger partial charge is 0.351 e. The number of hydrogen-bond donors (Lipinski definition) is 2. The third-order valence-electron chi connectivity index (χ3n) is 3.59. The van der Waals surface area contributed by atoms with Gasteiger partial charge < -0.3 is 15.6 Å². The standard InChI is InChI=1S/C14H17N3O3S/c1-8-2-4-11(21-8)10-6-17(14(19)16-13(10)15)12-5-3-9(7-18)20-12/h2,4,6,9,12,18H,3,5,7H2,1H3,(H2,15,16,19)/t9-,12+/m1/s1. The first-order valence-electron chi connectivity index (χ1n) is 6.80. The van der Waals surface area contributed by atoms with Crippen LogP contribution in [0.3, 0.4) is 0 Å². The average Bonchev–Trinajstić information content (AvgIpc) is 3.08. The largest absolute Gasteiger partial charge is 0.394 e. The second-order valence-electron chi connectivity index (χ2n) is 5.11. The molecule has 1 aliphatic heterocycles. The van der Waals surface area contributed by atoms with Gasteiger partial charge in [0, 0.05) is 16.0 Å². The summed E-state index contributed by atoms with van der Waals surface area (Å²) in [5.41, 5.74) is 6.20. The van der Waals surface area contributed by atoms with Crippen LogP contribution in [0.25, 0.3) is 10.4 Å². The van der Waals surface area contributed by atoms with E-state index in [1.165, 1.54) is 9.44 Å². The molecular weight excluding hydrogens is 290 g/mol. The first-order chi connectivity index (χ1) is 10.1. The minimum atomic E-state index is -0.423. The van der Waals surface area contributed by atoms with Gasteiger partial charge in [-0.2, -0.15) is 4.98 Å². The van der Waals surface area contributed by atoms with Crippen molar-refractivity contribution in [1.29, 1.82) is 0 Å². The molecule has 0 radical (unpaired) electrons. The number of rotatable bonds is 3. The van der Waals surface area contributed by atoms with E-state index < -0.39 is 5.69 Å². The predicted molar refractivity (Wildman–Crippen MR) is 81.2 cm³/mol. The first kappa shape index (κ1) is 14.2. The van der Waals surface area contributed by atoms with Gasteiger partial charge in [-0.25, -0.2) is 4.79 Å². The van der Waals surface area contributed by atoms with E-state index in [0.29, 0.717) is 6.42 Å². The second-order valence-corrected chi connectivity index (χ2v) is 6.40. The molecule has 0 spiro atoms. The van der Waals surface area contributed by atoms with Crippen molar-refractivity contribution in [2.24, 2.45) is 0 Å². The van der Waals surface area contributed by atoms with E-state index in [0.717, 1.165) is 16.9 Å². The molecule has 0 bridgehead atoms. The summed E-state index contributed by atoms with van der Waals surface area (Å²) < 4.78 is 7.12. The molecule has 21 heavy (non-hydrogen) atoms. The molecule has 0 aromatic carbocycles. The highest BCUT2D eigenvalue weighted by molar-refractivity contribution is 7.15. The van der Waals surface area contributed by atoms with Crippen molar-refractivity contribution >= 4 is 17.2 Å². The van der Waals surface area contributed by atoms with Crippen molar-refractivity contribution in [3.05, 3.63) is 33.7 Å². The van der Waals surface area contributed by atoms with E-state index >= 15 is 0 Å². The van der Waals surface area contributed by atoms with E-state index in [9.17, 15) is 4.79 Å². The Balaban J connectivity index is 2.00. The number of ether oxygens (including phenoxy) is 1. The fraction of sp³-hybridized carbons (Fsp3) is 0.429. The number of nitrogen functional groups attached to an aromatic ring is 1. The van der Waals surface area contributed by atoms with E-state index in [1.54, 1.807) is 17.5 Å². The van der Waals surface area contributed by atoms with Crippen LogP contribution < -0.4 is 11.4 Å². The summed E-state index contributed by atoms with van der Waals surface area (Å²) in [5.74, 6) is 0.231. The summed E-state index contributed by atoms with van der Waals surface area (Å²) in [4.78, 5) is 18.1. The summed E-state index contributed by atoms with van der Waals surface area (Å²) in [6, 6.07) is 3.97. The number of aliphatic hydroxyl groups excluding tert-OH is 1. The topological polar surface area (TPSA) is 90.4 Å². The number of nitrogens with zero attached hydrogens (tertiary/aromatic N) is 2. The Hall–Kier alpha value is -1.70. The molecule has 0 unspecified atom stereocenters. The summed E-state index contributed by atoms with van der Waals surface area (Å²) in [5, 5.41) is 9.13. The Kier molecular flexibility index (Phi) is 3.79. The summed E-state index contributed by atoms with van der Waals surface area (Å²) in [6.45, 7) is 1.98. The van der Waals surface area contributed by atoms with Gasteiger partial charge in [0.05, 0.1) is 18.3 Å². The number of aromatic nitrogens is 2. The molecule has 1 saturated heterocycles. The minimum Gasteiger partial charge on any atom is -0.394 e. The Morgan fingerprint density at radius 1 is 1.52 bits per heavy atom. The van der Waals surface area contributed by atoms with Crippen LogP contribution in [0.5, 0.6) is 0 Å². The van der Waals surface area contributed by atoms with E-state index in [4.69, 9.17) is 15.6 Å². The molecule has 3 heterocycles. The number of anilines is 1. The van der Waals surface area contributed by atoms with Gasteiger partial charge in [0.1, 0.15) is 12.0 Å². The first-order valence-corrected chi connectivity index (χ1v) is 7.62. The average molecular weight is 307 g/mol. The Morgan fingerprint density at radius 3 is 2.95 bits per heavy atom. The maximum Gasteiger partial charge on any atom is 0.351 e. The molecule has 2 atom stereocenters. The Morgan fingerprint density at radius 2 is 2.33 bits per heavy atom. The molecule has 1 fully saturated rings. The third kappa shape index (κ3) is 2.72. The lowest BCUT2D eigenvalue weighted by molar-refractivity contribution is -0.0244. The van der Waals surface area contributed by atoms with Crippen molar-refractivity contribution < 1.29 is 9.84 Å². The summed E-state index contributed by atoms with van der Waals surface area (Å²) >= 11 is 1.60. The summed E-state index contributed by atoms with van der Waals surface area (Å²) in [6.07, 6.45) is 2.51. The highest BCUT2D eigenvalue weighted by Crippen LogP contribution is 2.32. The molecule has 3 rings (SSSR count). The summed E-state index contributed by atoms with van der Waals surface area (Å²) in [7, 11) is 0. The molecule has 0 aliphatic carbocycles. The lowest BCUT2D eigenvalue weighted by atomic mass is 10.2. The Bertz CT molecular complexity index is 710. The quantitative estimate of drug-likeness (QED) is 0.897. The maximum atomic E-state index is 12.0. The SMILES string of the molecule is Cc1ccc(-c2cn([C@@H]3CC[C@H](CO)O3)c(=O)nc2N)s1. The number of thiophene rings is 1. The normalized spacial score (nSPS) is 21.8. The van der Waals surface area contributed by atoms with Crippen molar-refractivity contribution in [2.75, 3.05) is 12.3 Å². The van der Waals surface area contributed by atoms with Crippen LogP contribution in [-0.2, 0) is 4.74 Å². The lowest BCUT2D eigenvalue weighted by Gasteiger charge is -2.16. The van der Waals surface area contributed by atoms with Crippen LogP contribution in [0.15, 0.2) is 23.1 Å². The van der Waals surface area contributed by atoms with Gasteiger partial charge in [-0.05, 0) is 31.9 Å². The fourth-order valence-corrected chi connectivity index (χ4v) is 3.37. The minimum absolute atomic E-state index is 0.0371. The zero-order chi connectivity index (χ0) is 15.0. The molecule has 1 aliphatic rings. The van der Waals surface area contributed by atoms with Gasteiger partial charge in [0.15, 0.2) is 0 Å². The second kappa shape index (κ2) is 5.59. The molecule has 3 N–H and O–H groups in total. The molecule has 2 aromatic heterocycles. The highest BCUT2D eigenvalue weighted by Gasteiger charge is 2.27. The molecule has 0 amide bonds. The van der Waals surface area contributed by atoms with Crippen LogP contribution in [-0.4, -0.2) is 27.4 Å². The molecule has 7 heteroatoms. The van der Waals surface area contributed by atoms with E-state index in [-0.39, 0.29) is 24.8 Å². The molecule has 6 nitrogen and oxygen atoms in total. The van der Waals surface area contributed by atoms with Gasteiger partial charge in [-0.3, -0.25) is 4.57 Å².